The van der Waals surface area contributed by atoms with Crippen LogP contribution in [0.3, 0.4) is 0 Å². The fraction of sp³-hybridized carbons (Fsp3) is 0.143. The molecule has 24 heavy (non-hydrogen) atoms. The summed E-state index contributed by atoms with van der Waals surface area (Å²) in [6.07, 6.45) is -3.67. The lowest BCUT2D eigenvalue weighted by atomic mass is 9.85. The average Bonchev–Trinajstić information content (AvgIpc) is 2.61. The van der Waals surface area contributed by atoms with Gasteiger partial charge in [0.25, 0.3) is 0 Å². The Morgan fingerprint density at radius 3 is 1.88 bits per heavy atom. The van der Waals surface area contributed by atoms with Crippen molar-refractivity contribution in [3.8, 4) is 0 Å². The Balaban J connectivity index is 2.02. The minimum Gasteiger partial charge on any atom is -0.166 e. The maximum absolute atomic E-state index is 13.1. The van der Waals surface area contributed by atoms with Crippen LogP contribution in [0.4, 0.5) is 13.2 Å². The molecule has 0 amide bonds. The SMILES string of the molecule is FC(F)(F)c1cccc(C(Cc2ccccc2)c2ccccc2)c1. The molecule has 0 aromatic heterocycles. The molecule has 0 N–H and O–H groups in total. The highest BCUT2D eigenvalue weighted by atomic mass is 19.4. The van der Waals surface area contributed by atoms with E-state index in [0.29, 0.717) is 12.0 Å². The molecule has 0 saturated heterocycles. The molecule has 3 rings (SSSR count). The molecule has 0 radical (unpaired) electrons. The third-order valence-corrected chi connectivity index (χ3v) is 4.10. The van der Waals surface area contributed by atoms with Gasteiger partial charge in [-0.05, 0) is 29.2 Å². The van der Waals surface area contributed by atoms with Gasteiger partial charge >= 0.3 is 6.18 Å². The summed E-state index contributed by atoms with van der Waals surface area (Å²) < 4.78 is 39.2. The van der Waals surface area contributed by atoms with Crippen LogP contribution in [0, 0.1) is 0 Å². The highest BCUT2D eigenvalue weighted by Crippen LogP contribution is 2.34. The van der Waals surface area contributed by atoms with Crippen LogP contribution < -0.4 is 0 Å². The zero-order valence-corrected chi connectivity index (χ0v) is 13.0. The number of hydrogen-bond acceptors (Lipinski definition) is 0. The first-order valence-electron chi connectivity index (χ1n) is 7.80. The number of halogens is 3. The van der Waals surface area contributed by atoms with Crippen LogP contribution in [0.1, 0.15) is 28.2 Å². The van der Waals surface area contributed by atoms with E-state index in [1.165, 1.54) is 12.1 Å². The van der Waals surface area contributed by atoms with Crippen LogP contribution in [0.2, 0.25) is 0 Å². The van der Waals surface area contributed by atoms with Gasteiger partial charge in [-0.15, -0.1) is 0 Å². The normalized spacial score (nSPS) is 12.8. The van der Waals surface area contributed by atoms with Crippen LogP contribution in [0.25, 0.3) is 0 Å². The number of hydrogen-bond donors (Lipinski definition) is 0. The maximum Gasteiger partial charge on any atom is 0.416 e. The Kier molecular flexibility index (Phi) is 4.70. The third-order valence-electron chi connectivity index (χ3n) is 4.10. The van der Waals surface area contributed by atoms with Crippen LogP contribution in [-0.4, -0.2) is 0 Å². The smallest absolute Gasteiger partial charge is 0.166 e. The fourth-order valence-electron chi connectivity index (χ4n) is 2.90. The molecule has 3 aromatic rings. The Morgan fingerprint density at radius 1 is 0.667 bits per heavy atom. The second kappa shape index (κ2) is 6.91. The van der Waals surface area contributed by atoms with Crippen molar-refractivity contribution in [2.75, 3.05) is 0 Å². The lowest BCUT2D eigenvalue weighted by molar-refractivity contribution is -0.137. The molecule has 0 bridgehead atoms. The van der Waals surface area contributed by atoms with E-state index in [-0.39, 0.29) is 5.92 Å². The van der Waals surface area contributed by atoms with E-state index >= 15 is 0 Å². The largest absolute Gasteiger partial charge is 0.416 e. The van der Waals surface area contributed by atoms with Gasteiger partial charge in [0.05, 0.1) is 5.56 Å². The molecule has 0 heterocycles. The third kappa shape index (κ3) is 3.85. The summed E-state index contributed by atoms with van der Waals surface area (Å²) in [4.78, 5) is 0. The van der Waals surface area contributed by atoms with Crippen molar-refractivity contribution in [1.82, 2.24) is 0 Å². The lowest BCUT2D eigenvalue weighted by Crippen LogP contribution is -2.09. The minimum atomic E-state index is -4.33. The lowest BCUT2D eigenvalue weighted by Gasteiger charge is -2.20. The van der Waals surface area contributed by atoms with Crippen molar-refractivity contribution >= 4 is 0 Å². The maximum atomic E-state index is 13.1. The minimum absolute atomic E-state index is 0.115. The predicted molar refractivity (Wildman–Crippen MR) is 89.9 cm³/mol. The molecule has 1 atom stereocenters. The zero-order chi connectivity index (χ0) is 17.0. The Bertz CT molecular complexity index is 777. The van der Waals surface area contributed by atoms with Crippen molar-refractivity contribution in [1.29, 1.82) is 0 Å². The van der Waals surface area contributed by atoms with E-state index in [0.717, 1.165) is 17.2 Å². The van der Waals surface area contributed by atoms with Crippen molar-refractivity contribution in [3.05, 3.63) is 107 Å². The van der Waals surface area contributed by atoms with E-state index in [1.54, 1.807) is 6.07 Å². The Hall–Kier alpha value is -2.55. The molecule has 0 spiro atoms. The van der Waals surface area contributed by atoms with Crippen LogP contribution in [0.5, 0.6) is 0 Å². The molecule has 0 saturated carbocycles. The van der Waals surface area contributed by atoms with Crippen molar-refractivity contribution in [2.45, 2.75) is 18.5 Å². The predicted octanol–water partition coefficient (Wildman–Crippen LogP) is 6.08. The summed E-state index contributed by atoms with van der Waals surface area (Å²) in [7, 11) is 0. The molecule has 3 heteroatoms. The molecule has 0 aliphatic rings. The van der Waals surface area contributed by atoms with E-state index in [9.17, 15) is 13.2 Å². The molecular weight excluding hydrogens is 309 g/mol. The summed E-state index contributed by atoms with van der Waals surface area (Å²) in [5, 5.41) is 0. The van der Waals surface area contributed by atoms with E-state index < -0.39 is 11.7 Å². The Morgan fingerprint density at radius 2 is 1.25 bits per heavy atom. The molecule has 0 nitrogen and oxygen atoms in total. The van der Waals surface area contributed by atoms with Gasteiger partial charge in [-0.1, -0.05) is 78.9 Å². The monoisotopic (exact) mass is 326 g/mol. The topological polar surface area (TPSA) is 0 Å². The summed E-state index contributed by atoms with van der Waals surface area (Å²) >= 11 is 0. The first-order valence-corrected chi connectivity index (χ1v) is 7.80. The highest BCUT2D eigenvalue weighted by Gasteiger charge is 2.31. The summed E-state index contributed by atoms with van der Waals surface area (Å²) in [5.74, 6) is -0.115. The molecule has 0 aliphatic heterocycles. The first-order chi connectivity index (χ1) is 11.5. The molecule has 0 fully saturated rings. The standard InChI is InChI=1S/C21H17F3/c22-21(23,24)19-13-7-12-18(15-19)20(17-10-5-2-6-11-17)14-16-8-3-1-4-9-16/h1-13,15,20H,14H2. The summed E-state index contributed by atoms with van der Waals surface area (Å²) in [6, 6.07) is 25.2. The average molecular weight is 326 g/mol. The van der Waals surface area contributed by atoms with Crippen molar-refractivity contribution in [2.24, 2.45) is 0 Å². The number of alkyl halides is 3. The van der Waals surface area contributed by atoms with Gasteiger partial charge in [-0.3, -0.25) is 0 Å². The van der Waals surface area contributed by atoms with Crippen molar-refractivity contribution in [3.63, 3.8) is 0 Å². The van der Waals surface area contributed by atoms with Gasteiger partial charge in [0.15, 0.2) is 0 Å². The van der Waals surface area contributed by atoms with Gasteiger partial charge < -0.3 is 0 Å². The fourth-order valence-corrected chi connectivity index (χ4v) is 2.90. The quantitative estimate of drug-likeness (QED) is 0.545. The molecule has 3 aromatic carbocycles. The highest BCUT2D eigenvalue weighted by molar-refractivity contribution is 5.37. The van der Waals surface area contributed by atoms with E-state index in [4.69, 9.17) is 0 Å². The van der Waals surface area contributed by atoms with E-state index in [1.807, 2.05) is 60.7 Å². The first kappa shape index (κ1) is 16.3. The molecule has 1 unspecified atom stereocenters. The second-order valence-electron chi connectivity index (χ2n) is 5.78. The number of rotatable bonds is 4. The van der Waals surface area contributed by atoms with Gasteiger partial charge in [0.2, 0.25) is 0 Å². The van der Waals surface area contributed by atoms with Crippen LogP contribution in [0.15, 0.2) is 84.9 Å². The molecular formula is C21H17F3. The second-order valence-corrected chi connectivity index (χ2v) is 5.78. The molecule has 122 valence electrons. The summed E-state index contributed by atoms with van der Waals surface area (Å²) in [5.41, 5.74) is 2.19. The van der Waals surface area contributed by atoms with Gasteiger partial charge in [-0.2, -0.15) is 13.2 Å². The zero-order valence-electron chi connectivity index (χ0n) is 13.0. The van der Waals surface area contributed by atoms with Crippen LogP contribution >= 0.6 is 0 Å². The number of benzene rings is 3. The van der Waals surface area contributed by atoms with Crippen molar-refractivity contribution < 1.29 is 13.2 Å². The van der Waals surface area contributed by atoms with Gasteiger partial charge in [-0.25, -0.2) is 0 Å². The van der Waals surface area contributed by atoms with Gasteiger partial charge in [0, 0.05) is 5.92 Å². The van der Waals surface area contributed by atoms with Crippen LogP contribution in [-0.2, 0) is 12.6 Å². The van der Waals surface area contributed by atoms with E-state index in [2.05, 4.69) is 0 Å². The molecule has 0 aliphatic carbocycles. The van der Waals surface area contributed by atoms with Gasteiger partial charge in [0.1, 0.15) is 0 Å². The Labute approximate surface area is 139 Å². The summed E-state index contributed by atoms with van der Waals surface area (Å²) in [6.45, 7) is 0.